The minimum atomic E-state index is -0.495. The lowest BCUT2D eigenvalue weighted by Crippen LogP contribution is -2.36. The minimum Gasteiger partial charge on any atom is -0.378 e. The van der Waals surface area contributed by atoms with Gasteiger partial charge in [0, 0.05) is 25.6 Å². The Labute approximate surface area is 172 Å². The number of aromatic amines is 1. The lowest BCUT2D eigenvalue weighted by Gasteiger charge is -2.19. The topological polar surface area (TPSA) is 108 Å². The van der Waals surface area contributed by atoms with E-state index in [2.05, 4.69) is 34.8 Å². The summed E-state index contributed by atoms with van der Waals surface area (Å²) in [6.45, 7) is 8.20. The van der Waals surface area contributed by atoms with Crippen LogP contribution in [0.25, 0.3) is 0 Å². The van der Waals surface area contributed by atoms with Crippen molar-refractivity contribution >= 4 is 29.8 Å². The van der Waals surface area contributed by atoms with E-state index >= 15 is 0 Å². The molecule has 4 N–H and O–H groups in total. The van der Waals surface area contributed by atoms with Gasteiger partial charge in [-0.25, -0.2) is 4.79 Å². The van der Waals surface area contributed by atoms with Gasteiger partial charge in [0.05, 0.1) is 0 Å². The molecule has 9 heteroatoms. The number of hydrogen-bond donors (Lipinski definition) is 4. The summed E-state index contributed by atoms with van der Waals surface area (Å²) >= 11 is 0. The number of carbonyl (C=O) groups excluding carboxylic acids is 1. The molecule has 8 nitrogen and oxygen atoms in total. The largest absolute Gasteiger partial charge is 0.378 e. The number of halogens is 1. The van der Waals surface area contributed by atoms with Gasteiger partial charge in [0.1, 0.15) is 11.5 Å². The Morgan fingerprint density at radius 1 is 1.32 bits per heavy atom. The summed E-state index contributed by atoms with van der Waals surface area (Å²) in [5, 5.41) is 9.25. The van der Waals surface area contributed by atoms with Crippen LogP contribution >= 0.6 is 12.4 Å². The summed E-state index contributed by atoms with van der Waals surface area (Å²) in [4.78, 5) is 39.6. The highest BCUT2D eigenvalue weighted by Gasteiger charge is 2.21. The molecule has 1 amide bonds. The molecule has 0 spiro atoms. The Kier molecular flexibility index (Phi) is 10.3. The Morgan fingerprint density at radius 2 is 2.07 bits per heavy atom. The highest BCUT2D eigenvalue weighted by atomic mass is 35.5. The van der Waals surface area contributed by atoms with Crippen LogP contribution in [0.15, 0.2) is 9.59 Å². The molecule has 0 aromatic carbocycles. The fourth-order valence-corrected chi connectivity index (χ4v) is 3.22. The first-order chi connectivity index (χ1) is 12.9. The van der Waals surface area contributed by atoms with Crippen LogP contribution < -0.4 is 27.2 Å². The molecular weight excluding hydrogens is 382 g/mol. The summed E-state index contributed by atoms with van der Waals surface area (Å²) < 4.78 is 1.46. The first-order valence-corrected chi connectivity index (χ1v) is 10.1. The first-order valence-electron chi connectivity index (χ1n) is 10.1. The van der Waals surface area contributed by atoms with E-state index in [1.54, 1.807) is 0 Å². The normalized spacial score (nSPS) is 16.1. The van der Waals surface area contributed by atoms with Gasteiger partial charge in [0.15, 0.2) is 0 Å². The zero-order valence-electron chi connectivity index (χ0n) is 17.1. The molecule has 1 saturated heterocycles. The molecule has 1 aliphatic rings. The number of amides is 1. The molecule has 160 valence electrons. The van der Waals surface area contributed by atoms with Gasteiger partial charge in [-0.05, 0) is 38.1 Å². The van der Waals surface area contributed by atoms with Crippen molar-refractivity contribution in [1.29, 1.82) is 0 Å². The maximum absolute atomic E-state index is 12.5. The van der Waals surface area contributed by atoms with E-state index in [0.717, 1.165) is 38.6 Å². The van der Waals surface area contributed by atoms with E-state index in [0.29, 0.717) is 25.4 Å². The SMILES string of the molecule is CCCCn1c(NC(=O)CC2CCCN2)c(NCCC(C)C)c(=O)[nH]c1=O.Cl. The molecule has 1 aromatic heterocycles. The maximum atomic E-state index is 12.5. The number of rotatable bonds is 10. The molecule has 2 rings (SSSR count). The number of nitrogens with zero attached hydrogens (tertiary/aromatic N) is 1. The van der Waals surface area contributed by atoms with Crippen LogP contribution in [0.5, 0.6) is 0 Å². The van der Waals surface area contributed by atoms with Gasteiger partial charge < -0.3 is 16.0 Å². The lowest BCUT2D eigenvalue weighted by atomic mass is 10.1. The van der Waals surface area contributed by atoms with Crippen LogP contribution in [0.2, 0.25) is 0 Å². The Balaban J connectivity index is 0.00000392. The van der Waals surface area contributed by atoms with Gasteiger partial charge in [-0.1, -0.05) is 27.2 Å². The van der Waals surface area contributed by atoms with Gasteiger partial charge in [-0.2, -0.15) is 0 Å². The highest BCUT2D eigenvalue weighted by Crippen LogP contribution is 2.18. The van der Waals surface area contributed by atoms with E-state index in [1.807, 2.05) is 6.92 Å². The van der Waals surface area contributed by atoms with E-state index in [9.17, 15) is 14.4 Å². The average molecular weight is 416 g/mol. The number of nitrogens with one attached hydrogen (secondary N) is 4. The summed E-state index contributed by atoms with van der Waals surface area (Å²) in [7, 11) is 0. The Hall–Kier alpha value is -1.80. The minimum absolute atomic E-state index is 0. The van der Waals surface area contributed by atoms with E-state index < -0.39 is 11.2 Å². The van der Waals surface area contributed by atoms with Crippen molar-refractivity contribution in [2.75, 3.05) is 23.7 Å². The molecule has 1 fully saturated rings. The fraction of sp³-hybridized carbons (Fsp3) is 0.737. The van der Waals surface area contributed by atoms with E-state index in [-0.39, 0.29) is 35.9 Å². The fourth-order valence-electron chi connectivity index (χ4n) is 3.22. The molecule has 1 unspecified atom stereocenters. The van der Waals surface area contributed by atoms with Crippen LogP contribution in [0.1, 0.15) is 59.3 Å². The molecule has 1 aromatic rings. The van der Waals surface area contributed by atoms with Crippen molar-refractivity contribution in [2.24, 2.45) is 5.92 Å². The molecular formula is C19H34ClN5O3. The van der Waals surface area contributed by atoms with E-state index in [4.69, 9.17) is 0 Å². The molecule has 28 heavy (non-hydrogen) atoms. The second-order valence-electron chi connectivity index (χ2n) is 7.64. The van der Waals surface area contributed by atoms with Crippen LogP contribution in [-0.2, 0) is 11.3 Å². The third-order valence-corrected chi connectivity index (χ3v) is 4.81. The molecule has 2 heterocycles. The zero-order valence-corrected chi connectivity index (χ0v) is 17.9. The molecule has 0 bridgehead atoms. The Bertz CT molecular complexity index is 738. The molecule has 1 aliphatic heterocycles. The second-order valence-corrected chi connectivity index (χ2v) is 7.64. The smallest absolute Gasteiger partial charge is 0.330 e. The first kappa shape index (κ1) is 24.2. The lowest BCUT2D eigenvalue weighted by molar-refractivity contribution is -0.116. The molecule has 0 radical (unpaired) electrons. The van der Waals surface area contributed by atoms with Gasteiger partial charge >= 0.3 is 5.69 Å². The van der Waals surface area contributed by atoms with Crippen LogP contribution in [0.3, 0.4) is 0 Å². The van der Waals surface area contributed by atoms with Gasteiger partial charge in [0.25, 0.3) is 5.56 Å². The van der Waals surface area contributed by atoms with Crippen LogP contribution in [0.4, 0.5) is 11.5 Å². The van der Waals surface area contributed by atoms with Crippen LogP contribution in [-0.4, -0.2) is 34.6 Å². The maximum Gasteiger partial charge on any atom is 0.330 e. The quantitative estimate of drug-likeness (QED) is 0.469. The number of aromatic nitrogens is 2. The average Bonchev–Trinajstić information content (AvgIpc) is 3.09. The number of H-pyrrole nitrogens is 1. The van der Waals surface area contributed by atoms with Gasteiger partial charge in [0.2, 0.25) is 5.91 Å². The van der Waals surface area contributed by atoms with Crippen LogP contribution in [0, 0.1) is 5.92 Å². The zero-order chi connectivity index (χ0) is 19.8. The molecule has 1 atom stereocenters. The van der Waals surface area contributed by atoms with Crippen molar-refractivity contribution in [1.82, 2.24) is 14.9 Å². The van der Waals surface area contributed by atoms with Crippen molar-refractivity contribution in [3.63, 3.8) is 0 Å². The third kappa shape index (κ3) is 6.98. The number of carbonyl (C=O) groups is 1. The second kappa shape index (κ2) is 11.9. The molecule has 0 aliphatic carbocycles. The predicted octanol–water partition coefficient (Wildman–Crippen LogP) is 2.30. The van der Waals surface area contributed by atoms with Crippen molar-refractivity contribution < 1.29 is 4.79 Å². The summed E-state index contributed by atoms with van der Waals surface area (Å²) in [6, 6.07) is 0.153. The van der Waals surface area contributed by atoms with Crippen molar-refractivity contribution in [3.8, 4) is 0 Å². The Morgan fingerprint density at radius 3 is 2.68 bits per heavy atom. The van der Waals surface area contributed by atoms with Crippen molar-refractivity contribution in [3.05, 3.63) is 20.8 Å². The summed E-state index contributed by atoms with van der Waals surface area (Å²) in [5.41, 5.74) is -0.720. The highest BCUT2D eigenvalue weighted by molar-refractivity contribution is 5.93. The predicted molar refractivity (Wildman–Crippen MR) is 116 cm³/mol. The number of anilines is 2. The summed E-state index contributed by atoms with van der Waals surface area (Å²) in [5.74, 6) is 0.578. The third-order valence-electron chi connectivity index (χ3n) is 4.81. The van der Waals surface area contributed by atoms with Crippen molar-refractivity contribution in [2.45, 2.75) is 71.9 Å². The standard InChI is InChI=1S/C19H33N5O3.ClH/c1-4-5-11-24-17(22-15(25)12-14-7-6-9-20-14)16(18(26)23-19(24)27)21-10-8-13(2)3;/h13-14,20-21H,4-12H2,1-3H3,(H,22,25)(H,23,26,27);1H. The van der Waals surface area contributed by atoms with Gasteiger partial charge in [-0.3, -0.25) is 19.1 Å². The summed E-state index contributed by atoms with van der Waals surface area (Å²) in [6.07, 6.45) is 4.93. The number of unbranched alkanes of at least 4 members (excludes halogenated alkanes) is 1. The van der Waals surface area contributed by atoms with E-state index in [1.165, 1.54) is 4.57 Å². The monoisotopic (exact) mass is 415 g/mol. The number of hydrogen-bond acceptors (Lipinski definition) is 5. The van der Waals surface area contributed by atoms with Gasteiger partial charge in [-0.15, -0.1) is 12.4 Å². The molecule has 0 saturated carbocycles.